The van der Waals surface area contributed by atoms with Crippen LogP contribution in [-0.4, -0.2) is 69.5 Å². The van der Waals surface area contributed by atoms with E-state index in [1.165, 1.54) is 37.7 Å². The summed E-state index contributed by atoms with van der Waals surface area (Å²) in [5.41, 5.74) is 2.51. The van der Waals surface area contributed by atoms with Crippen LogP contribution in [0.4, 0.5) is 0 Å². The van der Waals surface area contributed by atoms with Gasteiger partial charge >= 0.3 is 11.9 Å². The van der Waals surface area contributed by atoms with E-state index in [-0.39, 0.29) is 0 Å². The number of aliphatic hydroxyl groups is 1. The molecular formula is C27H34N2O6. The number of aliphatic hydroxyl groups excluding tert-OH is 1. The number of fused-ring (bicyclic) bond motifs is 1. The van der Waals surface area contributed by atoms with Crippen molar-refractivity contribution in [2.24, 2.45) is 5.92 Å². The van der Waals surface area contributed by atoms with E-state index < -0.39 is 18.0 Å². The van der Waals surface area contributed by atoms with Crippen molar-refractivity contribution in [3.8, 4) is 5.75 Å². The SMILES string of the molecule is O=C(O)C(=O)O.O[C@H](COc1cccc2[nH]ccc12)CN1CCC(CCCc2ccccc2)CC1. The largest absolute Gasteiger partial charge is 0.490 e. The first kappa shape index (κ1) is 26.2. The molecule has 1 atom stereocenters. The van der Waals surface area contributed by atoms with Crippen molar-refractivity contribution in [3.63, 3.8) is 0 Å². The number of nitrogens with zero attached hydrogens (tertiary/aromatic N) is 1. The molecule has 1 fully saturated rings. The quantitative estimate of drug-likeness (QED) is 0.342. The van der Waals surface area contributed by atoms with Gasteiger partial charge in [-0.1, -0.05) is 42.8 Å². The normalized spacial score (nSPS) is 15.2. The smallest absolute Gasteiger partial charge is 0.414 e. The van der Waals surface area contributed by atoms with Crippen LogP contribution in [0, 0.1) is 5.92 Å². The minimum atomic E-state index is -1.82. The Hall–Kier alpha value is -3.36. The Bertz CT molecular complexity index is 1050. The molecule has 1 aromatic heterocycles. The lowest BCUT2D eigenvalue weighted by Crippen LogP contribution is -2.40. The van der Waals surface area contributed by atoms with Crippen LogP contribution in [0.15, 0.2) is 60.8 Å². The molecule has 0 spiro atoms. The van der Waals surface area contributed by atoms with Gasteiger partial charge in [0.05, 0.1) is 0 Å². The van der Waals surface area contributed by atoms with Gasteiger partial charge in [0.1, 0.15) is 18.5 Å². The number of carbonyl (C=O) groups is 2. The molecule has 8 heteroatoms. The molecule has 1 aliphatic heterocycles. The van der Waals surface area contributed by atoms with E-state index in [2.05, 4.69) is 40.2 Å². The predicted octanol–water partition coefficient (Wildman–Crippen LogP) is 3.80. The minimum absolute atomic E-state index is 0.335. The zero-order valence-corrected chi connectivity index (χ0v) is 19.8. The summed E-state index contributed by atoms with van der Waals surface area (Å²) in [4.78, 5) is 23.8. The second kappa shape index (κ2) is 13.5. The molecule has 4 N–H and O–H groups in total. The molecule has 8 nitrogen and oxygen atoms in total. The lowest BCUT2D eigenvalue weighted by Gasteiger charge is -2.33. The van der Waals surface area contributed by atoms with E-state index in [1.807, 2.05) is 30.5 Å². The number of aryl methyl sites for hydroxylation is 1. The summed E-state index contributed by atoms with van der Waals surface area (Å²) in [6, 6.07) is 18.8. The summed E-state index contributed by atoms with van der Waals surface area (Å²) in [6.45, 7) is 3.20. The van der Waals surface area contributed by atoms with Gasteiger partial charge in [-0.05, 0) is 68.5 Å². The number of ether oxygens (including phenoxy) is 1. The number of benzene rings is 2. The molecule has 3 aromatic rings. The summed E-state index contributed by atoms with van der Waals surface area (Å²) in [5.74, 6) is -1.99. The number of carboxylic acids is 2. The molecule has 0 bridgehead atoms. The number of likely N-dealkylation sites (tertiary alicyclic amines) is 1. The monoisotopic (exact) mass is 482 g/mol. The number of H-pyrrole nitrogens is 1. The first-order valence-corrected chi connectivity index (χ1v) is 12.0. The van der Waals surface area contributed by atoms with Gasteiger partial charge in [0, 0.05) is 23.6 Å². The highest BCUT2D eigenvalue weighted by Crippen LogP contribution is 2.25. The molecule has 35 heavy (non-hydrogen) atoms. The van der Waals surface area contributed by atoms with Crippen LogP contribution in [0.2, 0.25) is 0 Å². The van der Waals surface area contributed by atoms with E-state index in [9.17, 15) is 5.11 Å². The van der Waals surface area contributed by atoms with Crippen molar-refractivity contribution in [1.82, 2.24) is 9.88 Å². The summed E-state index contributed by atoms with van der Waals surface area (Å²) in [6.07, 6.45) is 7.71. The van der Waals surface area contributed by atoms with Crippen molar-refractivity contribution >= 4 is 22.8 Å². The summed E-state index contributed by atoms with van der Waals surface area (Å²) < 4.78 is 5.90. The van der Waals surface area contributed by atoms with E-state index in [1.54, 1.807) is 0 Å². The van der Waals surface area contributed by atoms with E-state index in [0.29, 0.717) is 13.2 Å². The zero-order valence-electron chi connectivity index (χ0n) is 19.8. The Balaban J connectivity index is 0.000000509. The van der Waals surface area contributed by atoms with E-state index in [4.69, 9.17) is 24.5 Å². The van der Waals surface area contributed by atoms with Crippen molar-refractivity contribution in [1.29, 1.82) is 0 Å². The Morgan fingerprint density at radius 3 is 2.40 bits per heavy atom. The third kappa shape index (κ3) is 8.73. The Morgan fingerprint density at radius 1 is 1.00 bits per heavy atom. The van der Waals surface area contributed by atoms with Gasteiger partial charge in [0.2, 0.25) is 0 Å². The number of hydrogen-bond acceptors (Lipinski definition) is 5. The highest BCUT2D eigenvalue weighted by molar-refractivity contribution is 6.27. The fourth-order valence-corrected chi connectivity index (χ4v) is 4.42. The van der Waals surface area contributed by atoms with Crippen LogP contribution in [-0.2, 0) is 16.0 Å². The van der Waals surface area contributed by atoms with Gasteiger partial charge in [-0.2, -0.15) is 0 Å². The van der Waals surface area contributed by atoms with Gasteiger partial charge in [0.25, 0.3) is 0 Å². The Morgan fingerprint density at radius 2 is 1.71 bits per heavy atom. The third-order valence-electron chi connectivity index (χ3n) is 6.27. The number of β-amino-alcohol motifs (C(OH)–C–C–N with tert-alkyl or cyclic N) is 1. The first-order chi connectivity index (χ1) is 16.9. The van der Waals surface area contributed by atoms with Crippen molar-refractivity contribution < 1.29 is 29.6 Å². The summed E-state index contributed by atoms with van der Waals surface area (Å²) in [5, 5.41) is 26.3. The predicted molar refractivity (Wildman–Crippen MR) is 134 cm³/mol. The van der Waals surface area contributed by atoms with Crippen LogP contribution in [0.25, 0.3) is 10.9 Å². The highest BCUT2D eigenvalue weighted by atomic mass is 16.5. The number of piperidine rings is 1. The van der Waals surface area contributed by atoms with Crippen LogP contribution in [0.5, 0.6) is 5.75 Å². The number of rotatable bonds is 9. The van der Waals surface area contributed by atoms with Gasteiger partial charge < -0.3 is 29.9 Å². The molecule has 0 saturated carbocycles. The molecule has 188 valence electrons. The standard InChI is InChI=1S/C25H32N2O2.C2H2O4/c28-22(19-29-25-11-5-10-24-23(25)12-15-26-24)18-27-16-13-21(14-17-27)9-4-8-20-6-2-1-3-7-20;3-1(4)2(5)6/h1-3,5-7,10-12,15,21-22,26,28H,4,8-9,13-14,16-19H2;(H,3,4)(H,5,6)/t22-;/m0./s1. The molecular weight excluding hydrogens is 448 g/mol. The summed E-state index contributed by atoms with van der Waals surface area (Å²) >= 11 is 0. The van der Waals surface area contributed by atoms with Crippen molar-refractivity contribution in [2.75, 3.05) is 26.2 Å². The van der Waals surface area contributed by atoms with Crippen LogP contribution >= 0.6 is 0 Å². The fraction of sp³-hybridized carbons (Fsp3) is 0.407. The molecule has 4 rings (SSSR count). The van der Waals surface area contributed by atoms with Crippen LogP contribution in [0.1, 0.15) is 31.2 Å². The zero-order chi connectivity index (χ0) is 25.0. The topological polar surface area (TPSA) is 123 Å². The number of hydrogen-bond donors (Lipinski definition) is 4. The number of carboxylic acid groups (broad SMARTS) is 2. The molecule has 0 radical (unpaired) electrons. The Labute approximate surface area is 205 Å². The minimum Gasteiger partial charge on any atom is -0.490 e. The average molecular weight is 483 g/mol. The van der Waals surface area contributed by atoms with Gasteiger partial charge in [-0.25, -0.2) is 9.59 Å². The number of aliphatic carboxylic acids is 2. The number of nitrogens with one attached hydrogen (secondary N) is 1. The van der Waals surface area contributed by atoms with Crippen LogP contribution in [0.3, 0.4) is 0 Å². The molecule has 2 heterocycles. The summed E-state index contributed by atoms with van der Waals surface area (Å²) in [7, 11) is 0. The number of aromatic nitrogens is 1. The van der Waals surface area contributed by atoms with Crippen LogP contribution < -0.4 is 4.74 Å². The highest BCUT2D eigenvalue weighted by Gasteiger charge is 2.21. The lowest BCUT2D eigenvalue weighted by atomic mass is 9.90. The molecule has 1 saturated heterocycles. The third-order valence-corrected chi connectivity index (χ3v) is 6.27. The van der Waals surface area contributed by atoms with E-state index >= 15 is 0 Å². The molecule has 1 aliphatic rings. The Kier molecular flexibility index (Phi) is 10.1. The van der Waals surface area contributed by atoms with Crippen molar-refractivity contribution in [3.05, 3.63) is 66.4 Å². The first-order valence-electron chi connectivity index (χ1n) is 12.0. The second-order valence-electron chi connectivity index (χ2n) is 8.89. The maximum absolute atomic E-state index is 10.4. The van der Waals surface area contributed by atoms with Gasteiger partial charge in [0.15, 0.2) is 0 Å². The molecule has 2 aromatic carbocycles. The number of aromatic amines is 1. The lowest BCUT2D eigenvalue weighted by molar-refractivity contribution is -0.159. The van der Waals surface area contributed by atoms with Crippen molar-refractivity contribution in [2.45, 2.75) is 38.2 Å². The van der Waals surface area contributed by atoms with Gasteiger partial charge in [-0.15, -0.1) is 0 Å². The molecule has 0 aliphatic carbocycles. The van der Waals surface area contributed by atoms with E-state index in [0.717, 1.165) is 35.7 Å². The maximum atomic E-state index is 10.4. The van der Waals surface area contributed by atoms with Gasteiger partial charge in [-0.3, -0.25) is 0 Å². The molecule has 0 amide bonds. The maximum Gasteiger partial charge on any atom is 0.414 e. The fourth-order valence-electron chi connectivity index (χ4n) is 4.42. The second-order valence-corrected chi connectivity index (χ2v) is 8.89. The average Bonchev–Trinajstić information content (AvgIpc) is 3.34. The molecule has 0 unspecified atom stereocenters.